The number of amides is 1. The minimum absolute atomic E-state index is 0.137. The standard InChI is InChI=1S/C15H17N3O/c1-11(19)18-8-7-12-9-16-15(14(12)10-18)17-13-5-3-2-4-6-13/h2-6H,7-10H2,1H3,(H,16,17). The summed E-state index contributed by atoms with van der Waals surface area (Å²) in [6.07, 6.45) is 0.943. The van der Waals surface area contributed by atoms with Crippen molar-refractivity contribution in [2.75, 3.05) is 25.0 Å². The Morgan fingerprint density at radius 3 is 2.84 bits per heavy atom. The van der Waals surface area contributed by atoms with Crippen molar-refractivity contribution in [2.24, 2.45) is 4.99 Å². The zero-order chi connectivity index (χ0) is 13.2. The molecule has 0 unspecified atom stereocenters. The first-order valence-electron chi connectivity index (χ1n) is 6.57. The predicted octanol–water partition coefficient (Wildman–Crippen LogP) is 2.06. The second-order valence-electron chi connectivity index (χ2n) is 4.93. The van der Waals surface area contributed by atoms with E-state index in [4.69, 9.17) is 0 Å². The molecule has 0 aromatic heterocycles. The largest absolute Gasteiger partial charge is 0.340 e. The van der Waals surface area contributed by atoms with Gasteiger partial charge in [-0.15, -0.1) is 0 Å². The minimum atomic E-state index is 0.137. The Morgan fingerprint density at radius 2 is 2.11 bits per heavy atom. The van der Waals surface area contributed by atoms with Gasteiger partial charge in [-0.2, -0.15) is 0 Å². The van der Waals surface area contributed by atoms with E-state index in [1.807, 2.05) is 35.2 Å². The molecule has 2 aliphatic rings. The maximum atomic E-state index is 11.5. The van der Waals surface area contributed by atoms with Gasteiger partial charge >= 0.3 is 0 Å². The molecule has 1 amide bonds. The first-order valence-corrected chi connectivity index (χ1v) is 6.57. The van der Waals surface area contributed by atoms with Crippen LogP contribution < -0.4 is 5.32 Å². The molecule has 2 heterocycles. The maximum Gasteiger partial charge on any atom is 0.219 e. The summed E-state index contributed by atoms with van der Waals surface area (Å²) in [4.78, 5) is 17.9. The molecule has 0 spiro atoms. The van der Waals surface area contributed by atoms with Crippen molar-refractivity contribution in [3.8, 4) is 0 Å². The SMILES string of the molecule is CC(=O)N1CCC2=C(C1)C(Nc1ccccc1)=NC2. The number of hydrogen-bond donors (Lipinski definition) is 1. The summed E-state index contributed by atoms with van der Waals surface area (Å²) >= 11 is 0. The van der Waals surface area contributed by atoms with Crippen LogP contribution >= 0.6 is 0 Å². The molecule has 3 rings (SSSR count). The van der Waals surface area contributed by atoms with Gasteiger partial charge in [0.1, 0.15) is 5.84 Å². The fourth-order valence-electron chi connectivity index (χ4n) is 2.53. The molecule has 19 heavy (non-hydrogen) atoms. The molecular weight excluding hydrogens is 238 g/mol. The number of nitrogens with one attached hydrogen (secondary N) is 1. The van der Waals surface area contributed by atoms with Crippen LogP contribution in [-0.4, -0.2) is 36.3 Å². The van der Waals surface area contributed by atoms with Crippen LogP contribution in [0.2, 0.25) is 0 Å². The minimum Gasteiger partial charge on any atom is -0.340 e. The quantitative estimate of drug-likeness (QED) is 0.834. The number of carbonyl (C=O) groups is 1. The second-order valence-corrected chi connectivity index (χ2v) is 4.93. The number of anilines is 1. The van der Waals surface area contributed by atoms with E-state index in [2.05, 4.69) is 10.3 Å². The molecular formula is C15H17N3O. The molecule has 2 aliphatic heterocycles. The fourth-order valence-corrected chi connectivity index (χ4v) is 2.53. The fraction of sp³-hybridized carbons (Fsp3) is 0.333. The monoisotopic (exact) mass is 255 g/mol. The van der Waals surface area contributed by atoms with Crippen LogP contribution in [0.1, 0.15) is 13.3 Å². The molecule has 0 saturated heterocycles. The van der Waals surface area contributed by atoms with Gasteiger partial charge in [-0.05, 0) is 24.1 Å². The predicted molar refractivity (Wildman–Crippen MR) is 76.3 cm³/mol. The molecule has 0 aliphatic carbocycles. The Labute approximate surface area is 112 Å². The molecule has 1 aromatic rings. The first-order chi connectivity index (χ1) is 9.24. The van der Waals surface area contributed by atoms with Crippen molar-refractivity contribution >= 4 is 17.4 Å². The molecule has 4 heteroatoms. The van der Waals surface area contributed by atoms with Crippen LogP contribution in [0.3, 0.4) is 0 Å². The van der Waals surface area contributed by atoms with Gasteiger partial charge in [0.25, 0.3) is 0 Å². The van der Waals surface area contributed by atoms with Gasteiger partial charge in [0.05, 0.1) is 6.54 Å². The summed E-state index contributed by atoms with van der Waals surface area (Å²) in [5.41, 5.74) is 3.61. The number of rotatable bonds is 1. The van der Waals surface area contributed by atoms with Gasteiger partial charge in [-0.3, -0.25) is 9.79 Å². The summed E-state index contributed by atoms with van der Waals surface area (Å²) in [6.45, 7) is 3.91. The van der Waals surface area contributed by atoms with Gasteiger partial charge in [0.2, 0.25) is 5.91 Å². The Bertz CT molecular complexity index is 560. The third kappa shape index (κ3) is 2.38. The number of aliphatic imine (C=N–C) groups is 1. The summed E-state index contributed by atoms with van der Waals surface area (Å²) in [7, 11) is 0. The molecule has 0 radical (unpaired) electrons. The van der Waals surface area contributed by atoms with Crippen molar-refractivity contribution in [1.29, 1.82) is 0 Å². The molecule has 0 atom stereocenters. The third-order valence-electron chi connectivity index (χ3n) is 3.65. The lowest BCUT2D eigenvalue weighted by molar-refractivity contribution is -0.128. The van der Waals surface area contributed by atoms with E-state index in [-0.39, 0.29) is 5.91 Å². The van der Waals surface area contributed by atoms with Crippen molar-refractivity contribution in [1.82, 2.24) is 4.90 Å². The van der Waals surface area contributed by atoms with Crippen LogP contribution in [0.4, 0.5) is 5.69 Å². The second kappa shape index (κ2) is 4.88. The van der Waals surface area contributed by atoms with E-state index in [0.29, 0.717) is 6.54 Å². The molecule has 4 nitrogen and oxygen atoms in total. The number of hydrogen-bond acceptors (Lipinski definition) is 3. The average molecular weight is 255 g/mol. The third-order valence-corrected chi connectivity index (χ3v) is 3.65. The highest BCUT2D eigenvalue weighted by atomic mass is 16.2. The number of para-hydroxylation sites is 1. The van der Waals surface area contributed by atoms with E-state index in [0.717, 1.165) is 31.0 Å². The van der Waals surface area contributed by atoms with Gasteiger partial charge in [0, 0.05) is 31.3 Å². The van der Waals surface area contributed by atoms with Gasteiger partial charge in [-0.25, -0.2) is 0 Å². The average Bonchev–Trinajstić information content (AvgIpc) is 2.82. The summed E-state index contributed by atoms with van der Waals surface area (Å²) < 4.78 is 0. The van der Waals surface area contributed by atoms with Crippen molar-refractivity contribution in [3.05, 3.63) is 41.5 Å². The number of nitrogens with zero attached hydrogens (tertiary/aromatic N) is 2. The lowest BCUT2D eigenvalue weighted by Gasteiger charge is -2.27. The van der Waals surface area contributed by atoms with E-state index in [1.165, 1.54) is 11.1 Å². The van der Waals surface area contributed by atoms with E-state index < -0.39 is 0 Å². The normalized spacial score (nSPS) is 18.2. The van der Waals surface area contributed by atoms with Gasteiger partial charge in [-0.1, -0.05) is 18.2 Å². The van der Waals surface area contributed by atoms with Gasteiger partial charge < -0.3 is 10.2 Å². The molecule has 0 bridgehead atoms. The molecule has 98 valence electrons. The van der Waals surface area contributed by atoms with Crippen LogP contribution in [0.5, 0.6) is 0 Å². The first kappa shape index (κ1) is 12.0. The van der Waals surface area contributed by atoms with Crippen LogP contribution in [-0.2, 0) is 4.79 Å². The number of benzene rings is 1. The highest BCUT2D eigenvalue weighted by Gasteiger charge is 2.27. The van der Waals surface area contributed by atoms with E-state index in [9.17, 15) is 4.79 Å². The zero-order valence-corrected chi connectivity index (χ0v) is 11.0. The summed E-state index contributed by atoms with van der Waals surface area (Å²) in [5.74, 6) is 1.06. The van der Waals surface area contributed by atoms with Crippen molar-refractivity contribution in [2.45, 2.75) is 13.3 Å². The van der Waals surface area contributed by atoms with E-state index in [1.54, 1.807) is 6.92 Å². The van der Waals surface area contributed by atoms with Crippen molar-refractivity contribution < 1.29 is 4.79 Å². The zero-order valence-electron chi connectivity index (χ0n) is 11.0. The Morgan fingerprint density at radius 1 is 1.32 bits per heavy atom. The van der Waals surface area contributed by atoms with Crippen LogP contribution in [0.15, 0.2) is 46.5 Å². The van der Waals surface area contributed by atoms with Crippen LogP contribution in [0.25, 0.3) is 0 Å². The smallest absolute Gasteiger partial charge is 0.219 e. The molecule has 0 saturated carbocycles. The number of carbonyl (C=O) groups excluding carboxylic acids is 1. The molecule has 1 aromatic carbocycles. The molecule has 1 N–H and O–H groups in total. The van der Waals surface area contributed by atoms with Crippen LogP contribution in [0, 0.1) is 0 Å². The Kier molecular flexibility index (Phi) is 3.07. The molecule has 0 fully saturated rings. The van der Waals surface area contributed by atoms with E-state index >= 15 is 0 Å². The lowest BCUT2D eigenvalue weighted by Crippen LogP contribution is -2.37. The summed E-state index contributed by atoms with van der Waals surface area (Å²) in [5, 5.41) is 3.35. The summed E-state index contributed by atoms with van der Waals surface area (Å²) in [6, 6.07) is 10.0. The maximum absolute atomic E-state index is 11.5. The highest BCUT2D eigenvalue weighted by molar-refractivity contribution is 6.10. The van der Waals surface area contributed by atoms with Gasteiger partial charge in [0.15, 0.2) is 0 Å². The lowest BCUT2D eigenvalue weighted by atomic mass is 10.0. The topological polar surface area (TPSA) is 44.7 Å². The number of amidine groups is 1. The van der Waals surface area contributed by atoms with Crippen molar-refractivity contribution in [3.63, 3.8) is 0 Å². The Hall–Kier alpha value is -2.10. The Balaban J connectivity index is 1.77. The highest BCUT2D eigenvalue weighted by Crippen LogP contribution is 2.25.